The van der Waals surface area contributed by atoms with Gasteiger partial charge in [-0.15, -0.1) is 0 Å². The second kappa shape index (κ2) is 6.25. The van der Waals surface area contributed by atoms with E-state index in [1.165, 1.54) is 32.1 Å². The maximum Gasteiger partial charge on any atom is 0.0672 e. The maximum absolute atomic E-state index is 9.16. The van der Waals surface area contributed by atoms with Gasteiger partial charge < -0.3 is 5.32 Å². The fourth-order valence-corrected chi connectivity index (χ4v) is 2.34. The van der Waals surface area contributed by atoms with Gasteiger partial charge in [-0.1, -0.05) is 40.0 Å². The minimum Gasteiger partial charge on any atom is -0.313 e. The molecule has 0 aromatic rings. The molecule has 2 nitrogen and oxygen atoms in total. The molecule has 0 bridgehead atoms. The van der Waals surface area contributed by atoms with E-state index < -0.39 is 0 Å². The van der Waals surface area contributed by atoms with Crippen LogP contribution in [0.15, 0.2) is 0 Å². The lowest BCUT2D eigenvalue weighted by molar-refractivity contribution is 0.328. The van der Waals surface area contributed by atoms with Crippen LogP contribution in [0.2, 0.25) is 0 Å². The topological polar surface area (TPSA) is 35.8 Å². The smallest absolute Gasteiger partial charge is 0.0672 e. The van der Waals surface area contributed by atoms with E-state index >= 15 is 0 Å². The molecule has 0 aliphatic heterocycles. The van der Waals surface area contributed by atoms with Crippen LogP contribution in [0.5, 0.6) is 0 Å². The molecule has 1 aliphatic rings. The summed E-state index contributed by atoms with van der Waals surface area (Å²) >= 11 is 0. The zero-order valence-electron chi connectivity index (χ0n) is 11.1. The van der Waals surface area contributed by atoms with E-state index in [1.807, 2.05) is 0 Å². The van der Waals surface area contributed by atoms with Crippen LogP contribution in [-0.2, 0) is 0 Å². The summed E-state index contributed by atoms with van der Waals surface area (Å²) < 4.78 is 0. The van der Waals surface area contributed by atoms with Gasteiger partial charge in [-0.25, -0.2) is 0 Å². The van der Waals surface area contributed by atoms with E-state index in [0.717, 1.165) is 13.0 Å². The van der Waals surface area contributed by atoms with Crippen molar-refractivity contribution in [2.75, 3.05) is 6.54 Å². The second-order valence-electron chi connectivity index (χ2n) is 6.24. The lowest BCUT2D eigenvalue weighted by Gasteiger charge is -2.24. The van der Waals surface area contributed by atoms with Crippen molar-refractivity contribution in [1.82, 2.24) is 5.32 Å². The molecule has 0 aromatic carbocycles. The normalized spacial score (nSPS) is 27.1. The van der Waals surface area contributed by atoms with Gasteiger partial charge in [-0.05, 0) is 31.2 Å². The summed E-state index contributed by atoms with van der Waals surface area (Å²) in [7, 11) is 0. The predicted molar refractivity (Wildman–Crippen MR) is 68.1 cm³/mol. The first kappa shape index (κ1) is 13.5. The first-order valence-corrected chi connectivity index (χ1v) is 6.66. The van der Waals surface area contributed by atoms with Gasteiger partial charge in [-0.3, -0.25) is 0 Å². The Labute approximate surface area is 100 Å². The molecule has 0 radical (unpaired) electrons. The van der Waals surface area contributed by atoms with Gasteiger partial charge >= 0.3 is 0 Å². The van der Waals surface area contributed by atoms with Gasteiger partial charge in [0.1, 0.15) is 0 Å². The summed E-state index contributed by atoms with van der Waals surface area (Å²) in [6.07, 6.45) is 7.27. The standard InChI is InChI=1S/C14H26N2/c1-14(2,3)9-10-16-13-8-6-4-5-7-12(13)11-15/h12-13,16H,4-10H2,1-3H3. The van der Waals surface area contributed by atoms with Crippen molar-refractivity contribution in [3.8, 4) is 6.07 Å². The third-order valence-corrected chi connectivity index (χ3v) is 3.46. The quantitative estimate of drug-likeness (QED) is 0.742. The highest BCUT2D eigenvalue weighted by Crippen LogP contribution is 2.24. The molecule has 92 valence electrons. The molecular weight excluding hydrogens is 196 g/mol. The molecule has 1 aliphatic carbocycles. The van der Waals surface area contributed by atoms with E-state index in [2.05, 4.69) is 32.2 Å². The number of nitrogens with one attached hydrogen (secondary N) is 1. The highest BCUT2D eigenvalue weighted by Gasteiger charge is 2.23. The molecule has 0 spiro atoms. The minimum absolute atomic E-state index is 0.238. The van der Waals surface area contributed by atoms with Crippen molar-refractivity contribution in [2.24, 2.45) is 11.3 Å². The predicted octanol–water partition coefficient (Wildman–Crippen LogP) is 3.48. The Hall–Kier alpha value is -0.550. The minimum atomic E-state index is 0.238. The van der Waals surface area contributed by atoms with Crippen LogP contribution in [0.4, 0.5) is 0 Å². The van der Waals surface area contributed by atoms with Crippen molar-refractivity contribution in [1.29, 1.82) is 5.26 Å². The Kier molecular flexibility index (Phi) is 5.28. The van der Waals surface area contributed by atoms with E-state index in [1.54, 1.807) is 0 Å². The highest BCUT2D eigenvalue weighted by molar-refractivity contribution is 4.93. The first-order valence-electron chi connectivity index (χ1n) is 6.66. The lowest BCUT2D eigenvalue weighted by Crippen LogP contribution is -2.36. The molecule has 2 atom stereocenters. The summed E-state index contributed by atoms with van der Waals surface area (Å²) in [6.45, 7) is 7.85. The van der Waals surface area contributed by atoms with Crippen LogP contribution in [0.1, 0.15) is 59.3 Å². The molecule has 1 fully saturated rings. The van der Waals surface area contributed by atoms with Crippen molar-refractivity contribution < 1.29 is 0 Å². The van der Waals surface area contributed by atoms with Crippen LogP contribution in [0.25, 0.3) is 0 Å². The molecule has 2 unspecified atom stereocenters. The number of nitriles is 1. The van der Waals surface area contributed by atoms with Crippen LogP contribution in [0, 0.1) is 22.7 Å². The molecule has 0 aromatic heterocycles. The Morgan fingerprint density at radius 3 is 2.50 bits per heavy atom. The van der Waals surface area contributed by atoms with Gasteiger partial charge in [-0.2, -0.15) is 5.26 Å². The van der Waals surface area contributed by atoms with Crippen LogP contribution in [0.3, 0.4) is 0 Å². The van der Waals surface area contributed by atoms with Crippen molar-refractivity contribution in [2.45, 2.75) is 65.3 Å². The molecule has 0 amide bonds. The highest BCUT2D eigenvalue weighted by atomic mass is 14.9. The Morgan fingerprint density at radius 2 is 1.88 bits per heavy atom. The largest absolute Gasteiger partial charge is 0.313 e. The molecule has 0 saturated heterocycles. The van der Waals surface area contributed by atoms with E-state index in [4.69, 9.17) is 5.26 Å². The van der Waals surface area contributed by atoms with Crippen molar-refractivity contribution in [3.05, 3.63) is 0 Å². The summed E-state index contributed by atoms with van der Waals surface area (Å²) in [6, 6.07) is 2.92. The molecule has 1 saturated carbocycles. The molecule has 1 N–H and O–H groups in total. The third-order valence-electron chi connectivity index (χ3n) is 3.46. The zero-order valence-corrected chi connectivity index (χ0v) is 11.1. The Morgan fingerprint density at radius 1 is 1.19 bits per heavy atom. The zero-order chi connectivity index (χ0) is 12.0. The van der Waals surface area contributed by atoms with Crippen molar-refractivity contribution in [3.63, 3.8) is 0 Å². The average molecular weight is 222 g/mol. The lowest BCUT2D eigenvalue weighted by atomic mass is 9.91. The van der Waals surface area contributed by atoms with Crippen LogP contribution in [-0.4, -0.2) is 12.6 Å². The third kappa shape index (κ3) is 4.99. The van der Waals surface area contributed by atoms with Crippen LogP contribution >= 0.6 is 0 Å². The number of rotatable bonds is 3. The number of hydrogen-bond donors (Lipinski definition) is 1. The molecule has 16 heavy (non-hydrogen) atoms. The van der Waals surface area contributed by atoms with Crippen LogP contribution < -0.4 is 5.32 Å². The Balaban J connectivity index is 2.35. The summed E-state index contributed by atoms with van der Waals surface area (Å²) in [5, 5.41) is 12.8. The van der Waals surface area contributed by atoms with E-state index in [9.17, 15) is 0 Å². The van der Waals surface area contributed by atoms with Gasteiger partial charge in [0.15, 0.2) is 0 Å². The fourth-order valence-electron chi connectivity index (χ4n) is 2.34. The summed E-state index contributed by atoms with van der Waals surface area (Å²) in [5.74, 6) is 0.238. The average Bonchev–Trinajstić information content (AvgIpc) is 2.41. The SMILES string of the molecule is CC(C)(C)CCNC1CCCCCC1C#N. The Bertz CT molecular complexity index is 234. The number of nitrogens with zero attached hydrogens (tertiary/aromatic N) is 1. The van der Waals surface area contributed by atoms with Gasteiger partial charge in [0, 0.05) is 6.04 Å². The van der Waals surface area contributed by atoms with Gasteiger partial charge in [0.05, 0.1) is 12.0 Å². The fraction of sp³-hybridized carbons (Fsp3) is 0.929. The maximum atomic E-state index is 9.16. The summed E-state index contributed by atoms with van der Waals surface area (Å²) in [4.78, 5) is 0. The van der Waals surface area contributed by atoms with E-state index in [0.29, 0.717) is 11.5 Å². The summed E-state index contributed by atoms with van der Waals surface area (Å²) in [5.41, 5.74) is 0.389. The first-order chi connectivity index (χ1) is 7.53. The molecular formula is C14H26N2. The molecule has 2 heteroatoms. The molecule has 0 heterocycles. The van der Waals surface area contributed by atoms with E-state index in [-0.39, 0.29) is 5.92 Å². The number of hydrogen-bond acceptors (Lipinski definition) is 2. The second-order valence-corrected chi connectivity index (χ2v) is 6.24. The molecule has 1 rings (SSSR count). The van der Waals surface area contributed by atoms with Gasteiger partial charge in [0.2, 0.25) is 0 Å². The van der Waals surface area contributed by atoms with Crippen molar-refractivity contribution >= 4 is 0 Å². The van der Waals surface area contributed by atoms with Gasteiger partial charge in [0.25, 0.3) is 0 Å². The monoisotopic (exact) mass is 222 g/mol.